The molecular weight excluding hydrogens is 450 g/mol. The molecule has 0 aliphatic heterocycles. The van der Waals surface area contributed by atoms with Gasteiger partial charge in [-0.15, -0.1) is 0 Å². The van der Waals surface area contributed by atoms with Crippen molar-refractivity contribution in [1.82, 2.24) is 0 Å². The van der Waals surface area contributed by atoms with Crippen LogP contribution in [0.15, 0.2) is 109 Å². The van der Waals surface area contributed by atoms with Crippen LogP contribution in [0.4, 0.5) is 0 Å². The Labute approximate surface area is 209 Å². The zero-order valence-corrected chi connectivity index (χ0v) is 19.3. The predicted molar refractivity (Wildman–Crippen MR) is 135 cm³/mol. The van der Waals surface area contributed by atoms with Crippen LogP contribution in [0.1, 0.15) is 28.5 Å². The molecule has 5 heteroatoms. The van der Waals surface area contributed by atoms with Gasteiger partial charge in [-0.1, -0.05) is 97.1 Å². The molecule has 0 radical (unpaired) electrons. The van der Waals surface area contributed by atoms with Crippen molar-refractivity contribution in [3.05, 3.63) is 126 Å². The number of carbonyl (C=O) groups excluding carboxylic acids is 1. The number of ether oxygens (including phenoxy) is 1. The van der Waals surface area contributed by atoms with Crippen molar-refractivity contribution >= 4 is 11.9 Å². The molecule has 0 amide bonds. The molecule has 4 aromatic rings. The molecular formula is C31H23NO4. The van der Waals surface area contributed by atoms with Crippen molar-refractivity contribution < 1.29 is 19.4 Å². The third kappa shape index (κ3) is 4.25. The zero-order chi connectivity index (χ0) is 25.1. The Hall–Kier alpha value is -4.69. The molecule has 1 aliphatic carbocycles. The van der Waals surface area contributed by atoms with Gasteiger partial charge in [0.2, 0.25) is 0 Å². The molecule has 1 N–H and O–H groups in total. The maximum Gasteiger partial charge on any atom is 0.315 e. The smallest absolute Gasteiger partial charge is 0.315 e. The van der Waals surface area contributed by atoms with Crippen LogP contribution < -0.4 is 4.74 Å². The highest BCUT2D eigenvalue weighted by molar-refractivity contribution is 5.86. The van der Waals surface area contributed by atoms with Crippen LogP contribution in [0.25, 0.3) is 11.1 Å². The van der Waals surface area contributed by atoms with E-state index in [9.17, 15) is 20.0 Å². The first-order chi connectivity index (χ1) is 17.6. The maximum atomic E-state index is 13.7. The molecule has 0 heterocycles. The lowest BCUT2D eigenvalue weighted by Gasteiger charge is -2.49. The highest BCUT2D eigenvalue weighted by Gasteiger charge is 2.59. The summed E-state index contributed by atoms with van der Waals surface area (Å²) in [7, 11) is 0. The standard InChI is InChI=1S/C31H23NO4/c32-19-24-17-16-23(20-10-4-1-5-11-20)18-25(24)36-31(35)29-26(21-12-6-2-7-13-21)28(30(33)34)27(29)22-14-8-3-9-15-22/h1-18,26-29H,(H,33,34)/t26-,27-,28?,29?/m0/s1. The highest BCUT2D eigenvalue weighted by atomic mass is 16.5. The van der Waals surface area contributed by atoms with Crippen LogP contribution in [0, 0.1) is 23.2 Å². The number of esters is 1. The first-order valence-electron chi connectivity index (χ1n) is 11.7. The van der Waals surface area contributed by atoms with E-state index in [0.717, 1.165) is 22.3 Å². The number of carbonyl (C=O) groups is 2. The number of carboxylic acid groups (broad SMARTS) is 1. The highest BCUT2D eigenvalue weighted by Crippen LogP contribution is 2.58. The summed E-state index contributed by atoms with van der Waals surface area (Å²) in [5.41, 5.74) is 3.53. The molecule has 0 spiro atoms. The Bertz CT molecular complexity index is 1380. The lowest BCUT2D eigenvalue weighted by molar-refractivity contribution is -0.158. The fourth-order valence-electron chi connectivity index (χ4n) is 5.21. The molecule has 1 saturated carbocycles. The third-order valence-electron chi connectivity index (χ3n) is 6.89. The lowest BCUT2D eigenvalue weighted by atomic mass is 9.52. The van der Waals surface area contributed by atoms with E-state index in [0.29, 0.717) is 0 Å². The van der Waals surface area contributed by atoms with Gasteiger partial charge in [-0.05, 0) is 34.4 Å². The van der Waals surface area contributed by atoms with E-state index in [2.05, 4.69) is 6.07 Å². The van der Waals surface area contributed by atoms with Crippen molar-refractivity contribution in [3.8, 4) is 22.9 Å². The molecule has 0 saturated heterocycles. The van der Waals surface area contributed by atoms with Crippen LogP contribution in [0.2, 0.25) is 0 Å². The van der Waals surface area contributed by atoms with E-state index < -0.39 is 35.6 Å². The Morgan fingerprint density at radius 2 is 1.22 bits per heavy atom. The molecule has 2 atom stereocenters. The van der Waals surface area contributed by atoms with Crippen LogP contribution in [-0.4, -0.2) is 17.0 Å². The van der Waals surface area contributed by atoms with Crippen molar-refractivity contribution in [2.75, 3.05) is 0 Å². The normalized spacial score (nSPS) is 20.5. The number of benzene rings is 4. The Kier molecular flexibility index (Phi) is 6.34. The monoisotopic (exact) mass is 473 g/mol. The van der Waals surface area contributed by atoms with E-state index in [-0.39, 0.29) is 11.3 Å². The number of rotatable bonds is 6. The average Bonchev–Trinajstić information content (AvgIpc) is 2.89. The summed E-state index contributed by atoms with van der Waals surface area (Å²) in [6.45, 7) is 0. The summed E-state index contributed by atoms with van der Waals surface area (Å²) in [4.78, 5) is 26.1. The minimum absolute atomic E-state index is 0.168. The van der Waals surface area contributed by atoms with Crippen molar-refractivity contribution in [3.63, 3.8) is 0 Å². The average molecular weight is 474 g/mol. The maximum absolute atomic E-state index is 13.7. The summed E-state index contributed by atoms with van der Waals surface area (Å²) in [5, 5.41) is 19.8. The second kappa shape index (κ2) is 9.89. The summed E-state index contributed by atoms with van der Waals surface area (Å²) in [5.74, 6) is -3.93. The van der Waals surface area contributed by atoms with Gasteiger partial charge in [0, 0.05) is 11.8 Å². The number of carboxylic acids is 1. The number of nitriles is 1. The number of hydrogen-bond acceptors (Lipinski definition) is 4. The predicted octanol–water partition coefficient (Wildman–Crippen LogP) is 6.03. The fraction of sp³-hybridized carbons (Fsp3) is 0.129. The SMILES string of the molecule is N#Cc1ccc(-c2ccccc2)cc1OC(=O)C1[C@@H](c2ccccc2)C(C(=O)O)[C@@H]1c1ccccc1. The molecule has 1 aliphatic rings. The number of nitrogens with zero attached hydrogens (tertiary/aromatic N) is 1. The van der Waals surface area contributed by atoms with Crippen molar-refractivity contribution in [1.29, 1.82) is 5.26 Å². The Morgan fingerprint density at radius 1 is 0.694 bits per heavy atom. The third-order valence-corrected chi connectivity index (χ3v) is 6.89. The van der Waals surface area contributed by atoms with Gasteiger partial charge in [0.1, 0.15) is 11.8 Å². The summed E-state index contributed by atoms with van der Waals surface area (Å²) in [6.07, 6.45) is 0. The molecule has 5 rings (SSSR count). The zero-order valence-electron chi connectivity index (χ0n) is 19.3. The van der Waals surface area contributed by atoms with Crippen molar-refractivity contribution in [2.45, 2.75) is 11.8 Å². The number of hydrogen-bond donors (Lipinski definition) is 1. The van der Waals surface area contributed by atoms with E-state index in [1.54, 1.807) is 12.1 Å². The van der Waals surface area contributed by atoms with Gasteiger partial charge < -0.3 is 9.84 Å². The molecule has 4 aromatic carbocycles. The fourth-order valence-corrected chi connectivity index (χ4v) is 5.21. The lowest BCUT2D eigenvalue weighted by Crippen LogP contribution is -2.52. The van der Waals surface area contributed by atoms with Gasteiger partial charge >= 0.3 is 11.9 Å². The van der Waals surface area contributed by atoms with E-state index in [1.807, 2.05) is 97.1 Å². The van der Waals surface area contributed by atoms with E-state index in [1.165, 1.54) is 0 Å². The quantitative estimate of drug-likeness (QED) is 0.273. The van der Waals surface area contributed by atoms with Crippen LogP contribution in [0.5, 0.6) is 5.75 Å². The van der Waals surface area contributed by atoms with Crippen LogP contribution >= 0.6 is 0 Å². The molecule has 5 nitrogen and oxygen atoms in total. The molecule has 36 heavy (non-hydrogen) atoms. The molecule has 0 bridgehead atoms. The minimum atomic E-state index is -0.953. The molecule has 176 valence electrons. The van der Waals surface area contributed by atoms with Crippen LogP contribution in [0.3, 0.4) is 0 Å². The Morgan fingerprint density at radius 3 is 1.72 bits per heavy atom. The van der Waals surface area contributed by atoms with Gasteiger partial charge in [-0.25, -0.2) is 0 Å². The van der Waals surface area contributed by atoms with Gasteiger partial charge in [0.05, 0.1) is 17.4 Å². The van der Waals surface area contributed by atoms with Gasteiger partial charge in [-0.3, -0.25) is 9.59 Å². The van der Waals surface area contributed by atoms with E-state index >= 15 is 0 Å². The topological polar surface area (TPSA) is 87.4 Å². The first kappa shape index (κ1) is 23.1. The Balaban J connectivity index is 1.54. The summed E-state index contributed by atoms with van der Waals surface area (Å²) in [6, 6.07) is 35.3. The van der Waals surface area contributed by atoms with Crippen LogP contribution in [-0.2, 0) is 9.59 Å². The van der Waals surface area contributed by atoms with Gasteiger partial charge in [-0.2, -0.15) is 5.26 Å². The second-order valence-corrected chi connectivity index (χ2v) is 8.87. The first-order valence-corrected chi connectivity index (χ1v) is 11.7. The van der Waals surface area contributed by atoms with Gasteiger partial charge in [0.15, 0.2) is 0 Å². The summed E-state index contributed by atoms with van der Waals surface area (Å²) < 4.78 is 5.88. The molecule has 0 unspecified atom stereocenters. The molecule has 1 fully saturated rings. The largest absolute Gasteiger partial charge is 0.481 e. The number of aliphatic carboxylic acids is 1. The van der Waals surface area contributed by atoms with Gasteiger partial charge in [0.25, 0.3) is 0 Å². The summed E-state index contributed by atoms with van der Waals surface area (Å²) >= 11 is 0. The second-order valence-electron chi connectivity index (χ2n) is 8.87. The van der Waals surface area contributed by atoms with Crippen molar-refractivity contribution in [2.24, 2.45) is 11.8 Å². The molecule has 0 aromatic heterocycles. The van der Waals surface area contributed by atoms with E-state index in [4.69, 9.17) is 4.74 Å². The minimum Gasteiger partial charge on any atom is -0.481 e.